The minimum atomic E-state index is 0.839. The van der Waals surface area contributed by atoms with Gasteiger partial charge in [-0.3, -0.25) is 0 Å². The van der Waals surface area contributed by atoms with Gasteiger partial charge in [0.2, 0.25) is 0 Å². The van der Waals surface area contributed by atoms with Gasteiger partial charge in [0.15, 0.2) is 0 Å². The van der Waals surface area contributed by atoms with Crippen molar-refractivity contribution in [3.05, 3.63) is 35.9 Å². The summed E-state index contributed by atoms with van der Waals surface area (Å²) in [5, 5.41) is 6.71. The molecule has 2 nitrogen and oxygen atoms in total. The SMILES string of the molecule is CCCCCNCCNC(=S)Cc1ccccc1. The van der Waals surface area contributed by atoms with Gasteiger partial charge in [-0.2, -0.15) is 0 Å². The molecule has 1 rings (SSSR count). The lowest BCUT2D eigenvalue weighted by molar-refractivity contribution is 0.611. The highest BCUT2D eigenvalue weighted by Gasteiger charge is 1.97. The molecule has 1 aromatic carbocycles. The maximum Gasteiger partial charge on any atom is 0.0798 e. The molecule has 0 amide bonds. The molecule has 3 heteroatoms. The fourth-order valence-corrected chi connectivity index (χ4v) is 2.03. The Hall–Kier alpha value is -0.930. The topological polar surface area (TPSA) is 24.1 Å². The van der Waals surface area contributed by atoms with Gasteiger partial charge in [0.25, 0.3) is 0 Å². The van der Waals surface area contributed by atoms with E-state index in [1.54, 1.807) is 0 Å². The van der Waals surface area contributed by atoms with Crippen LogP contribution in [0.2, 0.25) is 0 Å². The normalized spacial score (nSPS) is 10.3. The lowest BCUT2D eigenvalue weighted by Crippen LogP contribution is -2.32. The van der Waals surface area contributed by atoms with Gasteiger partial charge >= 0.3 is 0 Å². The first kappa shape index (κ1) is 15.1. The van der Waals surface area contributed by atoms with E-state index in [9.17, 15) is 0 Å². The molecular formula is C15H24N2S. The minimum absolute atomic E-state index is 0.839. The molecule has 18 heavy (non-hydrogen) atoms. The van der Waals surface area contributed by atoms with E-state index in [4.69, 9.17) is 12.2 Å². The summed E-state index contributed by atoms with van der Waals surface area (Å²) in [6.45, 7) is 5.24. The Balaban J connectivity index is 2.00. The molecule has 0 unspecified atom stereocenters. The van der Waals surface area contributed by atoms with E-state index in [-0.39, 0.29) is 0 Å². The van der Waals surface area contributed by atoms with Gasteiger partial charge in [0, 0.05) is 19.5 Å². The van der Waals surface area contributed by atoms with Crippen LogP contribution in [0, 0.1) is 0 Å². The highest BCUT2D eigenvalue weighted by atomic mass is 32.1. The molecular weight excluding hydrogens is 240 g/mol. The molecule has 0 aliphatic heterocycles. The molecule has 0 fully saturated rings. The monoisotopic (exact) mass is 264 g/mol. The van der Waals surface area contributed by atoms with Crippen molar-refractivity contribution in [2.75, 3.05) is 19.6 Å². The Morgan fingerprint density at radius 3 is 2.56 bits per heavy atom. The summed E-state index contributed by atoms with van der Waals surface area (Å²) in [6.07, 6.45) is 4.70. The van der Waals surface area contributed by atoms with E-state index >= 15 is 0 Å². The first-order valence-electron chi connectivity index (χ1n) is 6.84. The van der Waals surface area contributed by atoms with Crippen molar-refractivity contribution in [3.63, 3.8) is 0 Å². The third-order valence-electron chi connectivity index (χ3n) is 2.79. The molecule has 0 aliphatic carbocycles. The van der Waals surface area contributed by atoms with Crippen LogP contribution in [0.1, 0.15) is 31.7 Å². The lowest BCUT2D eigenvalue weighted by Gasteiger charge is -2.09. The Morgan fingerprint density at radius 2 is 1.83 bits per heavy atom. The number of nitrogens with one attached hydrogen (secondary N) is 2. The summed E-state index contributed by atoms with van der Waals surface area (Å²) in [5.74, 6) is 0. The number of rotatable bonds is 9. The van der Waals surface area contributed by atoms with Gasteiger partial charge in [0.05, 0.1) is 4.99 Å². The van der Waals surface area contributed by atoms with Crippen molar-refractivity contribution < 1.29 is 0 Å². The van der Waals surface area contributed by atoms with E-state index in [0.29, 0.717) is 0 Å². The highest BCUT2D eigenvalue weighted by Crippen LogP contribution is 1.99. The van der Waals surface area contributed by atoms with E-state index in [2.05, 4.69) is 29.7 Å². The molecule has 0 atom stereocenters. The van der Waals surface area contributed by atoms with Gasteiger partial charge in [-0.25, -0.2) is 0 Å². The van der Waals surface area contributed by atoms with Crippen molar-refractivity contribution >= 4 is 17.2 Å². The highest BCUT2D eigenvalue weighted by molar-refractivity contribution is 7.80. The van der Waals surface area contributed by atoms with Crippen molar-refractivity contribution in [1.29, 1.82) is 0 Å². The zero-order valence-electron chi connectivity index (χ0n) is 11.2. The number of hydrogen-bond acceptors (Lipinski definition) is 2. The van der Waals surface area contributed by atoms with Crippen LogP contribution in [0.25, 0.3) is 0 Å². The largest absolute Gasteiger partial charge is 0.378 e. The number of hydrogen-bond donors (Lipinski definition) is 2. The molecule has 0 aromatic heterocycles. The molecule has 1 aromatic rings. The third kappa shape index (κ3) is 7.41. The van der Waals surface area contributed by atoms with E-state index in [1.807, 2.05) is 18.2 Å². The molecule has 100 valence electrons. The molecule has 0 spiro atoms. The molecule has 2 N–H and O–H groups in total. The van der Waals surface area contributed by atoms with Crippen molar-refractivity contribution in [1.82, 2.24) is 10.6 Å². The van der Waals surface area contributed by atoms with Crippen molar-refractivity contribution in [2.24, 2.45) is 0 Å². The molecule has 0 bridgehead atoms. The smallest absolute Gasteiger partial charge is 0.0798 e. The number of benzene rings is 1. The van der Waals surface area contributed by atoms with Gasteiger partial charge < -0.3 is 10.6 Å². The van der Waals surface area contributed by atoms with Gasteiger partial charge in [-0.1, -0.05) is 62.3 Å². The average Bonchev–Trinajstić information content (AvgIpc) is 2.39. The van der Waals surface area contributed by atoms with E-state index in [1.165, 1.54) is 24.8 Å². The number of thiocarbonyl (C=S) groups is 1. The fraction of sp³-hybridized carbons (Fsp3) is 0.533. The lowest BCUT2D eigenvalue weighted by atomic mass is 10.1. The molecule has 0 saturated carbocycles. The van der Waals surface area contributed by atoms with Crippen LogP contribution in [0.5, 0.6) is 0 Å². The third-order valence-corrected chi connectivity index (χ3v) is 3.08. The Kier molecular flexibility index (Phi) is 8.43. The Morgan fingerprint density at radius 1 is 1.06 bits per heavy atom. The molecule has 0 saturated heterocycles. The first-order valence-corrected chi connectivity index (χ1v) is 7.25. The Labute approximate surface area is 116 Å². The van der Waals surface area contributed by atoms with Crippen LogP contribution in [-0.4, -0.2) is 24.6 Å². The molecule has 0 heterocycles. The van der Waals surface area contributed by atoms with Gasteiger partial charge in [-0.05, 0) is 18.5 Å². The quantitative estimate of drug-likeness (QED) is 0.530. The molecule has 0 radical (unpaired) electrons. The summed E-state index contributed by atoms with van der Waals surface area (Å²) in [5.41, 5.74) is 1.27. The second-order valence-corrected chi connectivity index (χ2v) is 4.96. The van der Waals surface area contributed by atoms with Crippen LogP contribution >= 0.6 is 12.2 Å². The van der Waals surface area contributed by atoms with Crippen LogP contribution in [0.4, 0.5) is 0 Å². The fourth-order valence-electron chi connectivity index (χ4n) is 1.76. The van der Waals surface area contributed by atoms with Crippen molar-refractivity contribution in [3.8, 4) is 0 Å². The van der Waals surface area contributed by atoms with Crippen LogP contribution in [-0.2, 0) is 6.42 Å². The maximum atomic E-state index is 5.32. The Bertz CT molecular complexity index is 325. The van der Waals surface area contributed by atoms with Crippen LogP contribution in [0.15, 0.2) is 30.3 Å². The van der Waals surface area contributed by atoms with E-state index in [0.717, 1.165) is 31.0 Å². The summed E-state index contributed by atoms with van der Waals surface area (Å²) in [7, 11) is 0. The van der Waals surface area contributed by atoms with Crippen LogP contribution in [0.3, 0.4) is 0 Å². The van der Waals surface area contributed by atoms with Gasteiger partial charge in [0.1, 0.15) is 0 Å². The average molecular weight is 264 g/mol. The number of unbranched alkanes of at least 4 members (excludes halogenated alkanes) is 2. The predicted molar refractivity (Wildman–Crippen MR) is 83.1 cm³/mol. The van der Waals surface area contributed by atoms with Crippen molar-refractivity contribution in [2.45, 2.75) is 32.6 Å². The summed E-state index contributed by atoms with van der Waals surface area (Å²) >= 11 is 5.32. The second-order valence-electron chi connectivity index (χ2n) is 4.47. The summed E-state index contributed by atoms with van der Waals surface area (Å²) in [4.78, 5) is 0.927. The zero-order chi connectivity index (χ0) is 13.1. The molecule has 0 aliphatic rings. The summed E-state index contributed by atoms with van der Waals surface area (Å²) in [6, 6.07) is 10.3. The van der Waals surface area contributed by atoms with Crippen LogP contribution < -0.4 is 10.6 Å². The second kappa shape index (κ2) is 10.0. The standard InChI is InChI=1S/C15H24N2S/c1-2-3-7-10-16-11-12-17-15(18)13-14-8-5-4-6-9-14/h4-6,8-9,16H,2-3,7,10-13H2,1H3,(H,17,18). The first-order chi connectivity index (χ1) is 8.83. The van der Waals surface area contributed by atoms with E-state index < -0.39 is 0 Å². The minimum Gasteiger partial charge on any atom is -0.378 e. The predicted octanol–water partition coefficient (Wildman–Crippen LogP) is 2.93. The maximum absolute atomic E-state index is 5.32. The summed E-state index contributed by atoms with van der Waals surface area (Å²) < 4.78 is 0. The van der Waals surface area contributed by atoms with Gasteiger partial charge in [-0.15, -0.1) is 0 Å². The zero-order valence-corrected chi connectivity index (χ0v) is 12.1.